The summed E-state index contributed by atoms with van der Waals surface area (Å²) in [6, 6.07) is 2.28. The highest BCUT2D eigenvalue weighted by Gasteiger charge is 2.21. The summed E-state index contributed by atoms with van der Waals surface area (Å²) in [7, 11) is 0. The Morgan fingerprint density at radius 2 is 1.43 bits per heavy atom. The molecule has 3 rings (SSSR count). The minimum absolute atomic E-state index is 0.287. The van der Waals surface area contributed by atoms with Crippen LogP contribution in [0.1, 0.15) is 50.4 Å². The first-order valence-corrected chi connectivity index (χ1v) is 10.6. The van der Waals surface area contributed by atoms with Crippen molar-refractivity contribution in [3.8, 4) is 11.4 Å². The summed E-state index contributed by atoms with van der Waals surface area (Å²) in [6.07, 6.45) is 4.35. The number of nitrogens with zero attached hydrogens (tertiary/aromatic N) is 4. The van der Waals surface area contributed by atoms with Crippen LogP contribution >= 0.6 is 0 Å². The van der Waals surface area contributed by atoms with E-state index in [-0.39, 0.29) is 31.6 Å². The fraction of sp³-hybridized carbons (Fsp3) is 0.476. The van der Waals surface area contributed by atoms with Crippen molar-refractivity contribution in [2.45, 2.75) is 51.5 Å². The predicted molar refractivity (Wildman–Crippen MR) is 121 cm³/mol. The third-order valence-corrected chi connectivity index (χ3v) is 4.58. The van der Waals surface area contributed by atoms with Gasteiger partial charge in [0.15, 0.2) is 0 Å². The Kier molecular flexibility index (Phi) is 12.4. The van der Waals surface area contributed by atoms with Crippen LogP contribution in [0.15, 0.2) is 18.5 Å². The maximum absolute atomic E-state index is 9.64. The molecule has 0 bridgehead atoms. The number of ether oxygens (including phenoxy) is 1. The quantitative estimate of drug-likeness (QED) is 0.349. The van der Waals surface area contributed by atoms with Gasteiger partial charge in [-0.05, 0) is 25.8 Å². The molecule has 35 heavy (non-hydrogen) atoms. The van der Waals surface area contributed by atoms with Crippen molar-refractivity contribution in [1.82, 2.24) is 19.5 Å². The second kappa shape index (κ2) is 15.0. The van der Waals surface area contributed by atoms with Crippen LogP contribution in [0.5, 0.6) is 0 Å². The molecule has 0 atom stereocenters. The van der Waals surface area contributed by atoms with Crippen molar-refractivity contribution >= 4 is 29.8 Å². The lowest BCUT2D eigenvalue weighted by atomic mass is 10.1. The number of rotatable bonds is 8. The van der Waals surface area contributed by atoms with Gasteiger partial charge in [0.05, 0.1) is 43.3 Å². The SMILES string of the molecule is Cc1ncc(-c2ccnc(N)n2)n1C1CCOCC1.O=C(O)CCC(=O)O.O=C(O)CCC(=O)O. The van der Waals surface area contributed by atoms with Gasteiger partial charge in [-0.15, -0.1) is 0 Å². The molecule has 0 aromatic carbocycles. The van der Waals surface area contributed by atoms with Crippen LogP contribution in [0.3, 0.4) is 0 Å². The molecule has 3 heterocycles. The summed E-state index contributed by atoms with van der Waals surface area (Å²) in [5.74, 6) is -3.02. The van der Waals surface area contributed by atoms with Gasteiger partial charge in [0.2, 0.25) is 5.95 Å². The van der Waals surface area contributed by atoms with Crippen LogP contribution in [0.4, 0.5) is 5.95 Å². The number of imidazole rings is 1. The van der Waals surface area contributed by atoms with Crippen LogP contribution in [0, 0.1) is 6.92 Å². The predicted octanol–water partition coefficient (Wildman–Crippen LogP) is 1.45. The first-order valence-electron chi connectivity index (χ1n) is 10.6. The first-order chi connectivity index (χ1) is 16.5. The van der Waals surface area contributed by atoms with E-state index in [1.165, 1.54) is 0 Å². The van der Waals surface area contributed by atoms with Gasteiger partial charge in [-0.1, -0.05) is 0 Å². The smallest absolute Gasteiger partial charge is 0.303 e. The van der Waals surface area contributed by atoms with Crippen LogP contribution in [-0.4, -0.2) is 77.0 Å². The second-order valence-electron chi connectivity index (χ2n) is 7.28. The molecule has 14 heteroatoms. The van der Waals surface area contributed by atoms with Crippen LogP contribution < -0.4 is 5.73 Å². The van der Waals surface area contributed by atoms with E-state index in [4.69, 9.17) is 30.9 Å². The van der Waals surface area contributed by atoms with Gasteiger partial charge < -0.3 is 35.5 Å². The van der Waals surface area contributed by atoms with Crippen molar-refractivity contribution in [2.75, 3.05) is 18.9 Å². The van der Waals surface area contributed by atoms with Gasteiger partial charge >= 0.3 is 23.9 Å². The van der Waals surface area contributed by atoms with Crippen molar-refractivity contribution in [3.05, 3.63) is 24.3 Å². The Balaban J connectivity index is 0.000000320. The Bertz CT molecular complexity index is 947. The summed E-state index contributed by atoms with van der Waals surface area (Å²) in [5.41, 5.74) is 7.48. The molecule has 1 saturated heterocycles. The fourth-order valence-electron chi connectivity index (χ4n) is 2.99. The Morgan fingerprint density at radius 1 is 0.943 bits per heavy atom. The Labute approximate surface area is 200 Å². The molecule has 2 aromatic heterocycles. The maximum Gasteiger partial charge on any atom is 0.303 e. The molecule has 14 nitrogen and oxygen atoms in total. The van der Waals surface area contributed by atoms with Crippen LogP contribution in [0.25, 0.3) is 11.4 Å². The number of nitrogen functional groups attached to an aromatic ring is 1. The van der Waals surface area contributed by atoms with E-state index in [0.717, 1.165) is 43.3 Å². The van der Waals surface area contributed by atoms with Gasteiger partial charge in [-0.2, -0.15) is 0 Å². The summed E-state index contributed by atoms with van der Waals surface area (Å²) in [4.78, 5) is 51.2. The number of nitrogens with two attached hydrogens (primary N) is 1. The number of carboxylic acids is 4. The van der Waals surface area contributed by atoms with Gasteiger partial charge in [0.25, 0.3) is 0 Å². The maximum atomic E-state index is 9.64. The van der Waals surface area contributed by atoms with Crippen molar-refractivity contribution in [3.63, 3.8) is 0 Å². The van der Waals surface area contributed by atoms with Gasteiger partial charge in [-0.3, -0.25) is 19.2 Å². The molecule has 0 radical (unpaired) electrons. The first kappa shape index (κ1) is 29.0. The molecule has 0 aliphatic carbocycles. The van der Waals surface area contributed by atoms with Crippen molar-refractivity contribution in [1.29, 1.82) is 0 Å². The lowest BCUT2D eigenvalue weighted by molar-refractivity contribution is -0.143. The lowest BCUT2D eigenvalue weighted by Gasteiger charge is -2.26. The van der Waals surface area contributed by atoms with Crippen LogP contribution in [-0.2, 0) is 23.9 Å². The van der Waals surface area contributed by atoms with E-state index < -0.39 is 23.9 Å². The molecule has 0 unspecified atom stereocenters. The highest BCUT2D eigenvalue weighted by atomic mass is 16.5. The average Bonchev–Trinajstić information content (AvgIpc) is 3.19. The minimum atomic E-state index is -1.08. The third-order valence-electron chi connectivity index (χ3n) is 4.58. The molecular formula is C21H29N5O9. The largest absolute Gasteiger partial charge is 0.481 e. The van der Waals surface area contributed by atoms with E-state index in [1.807, 2.05) is 19.2 Å². The van der Waals surface area contributed by atoms with E-state index in [2.05, 4.69) is 19.5 Å². The van der Waals surface area contributed by atoms with Crippen LogP contribution in [0.2, 0.25) is 0 Å². The lowest BCUT2D eigenvalue weighted by Crippen LogP contribution is -2.21. The molecular weight excluding hydrogens is 466 g/mol. The topological polar surface area (TPSA) is 228 Å². The van der Waals surface area contributed by atoms with E-state index in [0.29, 0.717) is 6.04 Å². The highest BCUT2D eigenvalue weighted by molar-refractivity contribution is 5.75. The number of aryl methyl sites for hydroxylation is 1. The number of anilines is 1. The van der Waals surface area contributed by atoms with Gasteiger partial charge in [-0.25, -0.2) is 15.0 Å². The standard InChI is InChI=1S/C13H17N5O.2C4H6O4/c1-9-16-8-12(11-2-5-15-13(14)17-11)18(9)10-3-6-19-7-4-10;2*5-3(6)1-2-4(7)8/h2,5,8,10H,3-4,6-7H2,1H3,(H2,14,15,17);2*1-2H2,(H,5,6)(H,7,8). The molecule has 1 fully saturated rings. The zero-order valence-electron chi connectivity index (χ0n) is 19.2. The van der Waals surface area contributed by atoms with E-state index in [9.17, 15) is 19.2 Å². The van der Waals surface area contributed by atoms with Gasteiger partial charge in [0.1, 0.15) is 5.82 Å². The summed E-state index contributed by atoms with van der Waals surface area (Å²) >= 11 is 0. The fourth-order valence-corrected chi connectivity index (χ4v) is 2.99. The zero-order chi connectivity index (χ0) is 26.4. The molecule has 6 N–H and O–H groups in total. The minimum Gasteiger partial charge on any atom is -0.481 e. The Hall–Kier alpha value is -4.07. The average molecular weight is 495 g/mol. The molecule has 0 spiro atoms. The van der Waals surface area contributed by atoms with Crippen molar-refractivity contribution in [2.24, 2.45) is 0 Å². The molecule has 0 amide bonds. The highest BCUT2D eigenvalue weighted by Crippen LogP contribution is 2.29. The number of aromatic nitrogens is 4. The van der Waals surface area contributed by atoms with E-state index in [1.54, 1.807) is 6.20 Å². The normalized spacial score (nSPS) is 12.9. The summed E-state index contributed by atoms with van der Waals surface area (Å²) in [6.45, 7) is 3.62. The van der Waals surface area contributed by atoms with Gasteiger partial charge in [0, 0.05) is 25.5 Å². The number of carboxylic acid groups (broad SMARTS) is 4. The van der Waals surface area contributed by atoms with Crippen molar-refractivity contribution < 1.29 is 44.3 Å². The monoisotopic (exact) mass is 495 g/mol. The molecule has 1 aliphatic heterocycles. The molecule has 192 valence electrons. The number of hydrogen-bond donors (Lipinski definition) is 5. The Morgan fingerprint density at radius 3 is 1.86 bits per heavy atom. The number of carbonyl (C=O) groups is 4. The number of hydrogen-bond acceptors (Lipinski definition) is 9. The summed E-state index contributed by atoms with van der Waals surface area (Å²) < 4.78 is 7.66. The second-order valence-corrected chi connectivity index (χ2v) is 7.28. The zero-order valence-corrected chi connectivity index (χ0v) is 19.2. The molecule has 2 aromatic rings. The summed E-state index contributed by atoms with van der Waals surface area (Å²) in [5, 5.41) is 31.6. The number of aliphatic carboxylic acids is 4. The third kappa shape index (κ3) is 11.6. The van der Waals surface area contributed by atoms with E-state index >= 15 is 0 Å². The molecule has 0 saturated carbocycles. The molecule has 1 aliphatic rings.